The number of hydrogen-bond donors (Lipinski definition) is 1. The molecule has 0 saturated heterocycles. The Morgan fingerprint density at radius 1 is 1.00 bits per heavy atom. The minimum Gasteiger partial charge on any atom is -0.497 e. The molecule has 0 radical (unpaired) electrons. The molecule has 2 aromatic carbocycles. The summed E-state index contributed by atoms with van der Waals surface area (Å²) < 4.78 is 41.4. The van der Waals surface area contributed by atoms with Crippen molar-refractivity contribution in [2.24, 2.45) is 0 Å². The van der Waals surface area contributed by atoms with Crippen molar-refractivity contribution in [3.05, 3.63) is 42.5 Å². The minimum absolute atomic E-state index is 0.127. The molecule has 158 valence electrons. The minimum atomic E-state index is -3.54. The summed E-state index contributed by atoms with van der Waals surface area (Å²) in [5.74, 6) is 1.28. The van der Waals surface area contributed by atoms with E-state index in [1.807, 2.05) is 0 Å². The third-order valence-electron chi connectivity index (χ3n) is 4.20. The Balaban J connectivity index is 2.06. The largest absolute Gasteiger partial charge is 0.497 e. The summed E-state index contributed by atoms with van der Waals surface area (Å²) in [6.45, 7) is 0.141. The van der Waals surface area contributed by atoms with Crippen molar-refractivity contribution in [2.45, 2.75) is 12.8 Å². The highest BCUT2D eigenvalue weighted by Crippen LogP contribution is 2.30. The van der Waals surface area contributed by atoms with Gasteiger partial charge >= 0.3 is 0 Å². The molecule has 0 fully saturated rings. The van der Waals surface area contributed by atoms with Gasteiger partial charge in [-0.2, -0.15) is 0 Å². The summed E-state index contributed by atoms with van der Waals surface area (Å²) in [6.07, 6.45) is 1.57. The van der Waals surface area contributed by atoms with Gasteiger partial charge < -0.3 is 19.5 Å². The van der Waals surface area contributed by atoms with Crippen LogP contribution in [0, 0.1) is 0 Å². The van der Waals surface area contributed by atoms with Crippen molar-refractivity contribution >= 4 is 27.3 Å². The molecular weight excluding hydrogens is 396 g/mol. The summed E-state index contributed by atoms with van der Waals surface area (Å²) >= 11 is 0. The number of nitrogens with one attached hydrogen (secondary N) is 1. The summed E-state index contributed by atoms with van der Waals surface area (Å²) in [5, 5.41) is 2.77. The Morgan fingerprint density at radius 3 is 2.31 bits per heavy atom. The first-order valence-corrected chi connectivity index (χ1v) is 10.8. The topological polar surface area (TPSA) is 94.2 Å². The van der Waals surface area contributed by atoms with Gasteiger partial charge in [0.2, 0.25) is 15.9 Å². The van der Waals surface area contributed by atoms with Crippen LogP contribution in [0.3, 0.4) is 0 Å². The van der Waals surface area contributed by atoms with Crippen molar-refractivity contribution in [1.82, 2.24) is 0 Å². The second kappa shape index (κ2) is 10.0. The molecule has 1 amide bonds. The molecule has 0 aliphatic rings. The smallest absolute Gasteiger partial charge is 0.232 e. The van der Waals surface area contributed by atoms with E-state index in [0.29, 0.717) is 35.0 Å². The van der Waals surface area contributed by atoms with Gasteiger partial charge in [-0.05, 0) is 30.7 Å². The zero-order valence-corrected chi connectivity index (χ0v) is 17.8. The average molecular weight is 423 g/mol. The second-order valence-electron chi connectivity index (χ2n) is 6.22. The average Bonchev–Trinajstić information content (AvgIpc) is 2.70. The number of carbonyl (C=O) groups is 1. The highest BCUT2D eigenvalue weighted by Gasteiger charge is 2.21. The van der Waals surface area contributed by atoms with E-state index in [4.69, 9.17) is 14.2 Å². The van der Waals surface area contributed by atoms with Crippen LogP contribution < -0.4 is 23.8 Å². The standard InChI is InChI=1S/C20H26N2O6S/c1-26-15-11-12-18(27-2)16(14-15)21-20(23)10-7-13-22(29(4,24)25)17-8-5-6-9-19(17)28-3/h5-6,8-9,11-12,14H,7,10,13H2,1-4H3,(H,21,23). The Hall–Kier alpha value is -2.94. The van der Waals surface area contributed by atoms with E-state index >= 15 is 0 Å². The lowest BCUT2D eigenvalue weighted by Crippen LogP contribution is -2.31. The van der Waals surface area contributed by atoms with Crippen molar-refractivity contribution in [1.29, 1.82) is 0 Å². The highest BCUT2D eigenvalue weighted by atomic mass is 32.2. The summed E-state index contributed by atoms with van der Waals surface area (Å²) in [4.78, 5) is 12.4. The quantitative estimate of drug-likeness (QED) is 0.633. The van der Waals surface area contributed by atoms with Gasteiger partial charge in [-0.15, -0.1) is 0 Å². The van der Waals surface area contributed by atoms with Gasteiger partial charge in [0, 0.05) is 19.0 Å². The summed E-state index contributed by atoms with van der Waals surface area (Å²) in [7, 11) is 0.980. The number of nitrogens with zero attached hydrogens (tertiary/aromatic N) is 1. The van der Waals surface area contributed by atoms with E-state index in [2.05, 4.69) is 5.32 Å². The molecule has 2 rings (SSSR count). The molecule has 1 N–H and O–H groups in total. The fraction of sp³-hybridized carbons (Fsp3) is 0.350. The van der Waals surface area contributed by atoms with Crippen LogP contribution in [0.25, 0.3) is 0 Å². The first-order chi connectivity index (χ1) is 13.8. The molecule has 0 atom stereocenters. The molecule has 8 nitrogen and oxygen atoms in total. The van der Waals surface area contributed by atoms with Crippen LogP contribution in [-0.2, 0) is 14.8 Å². The van der Waals surface area contributed by atoms with E-state index in [1.165, 1.54) is 25.6 Å². The molecular formula is C20H26N2O6S. The van der Waals surface area contributed by atoms with Crippen molar-refractivity contribution in [3.8, 4) is 17.2 Å². The summed E-state index contributed by atoms with van der Waals surface area (Å²) in [5.41, 5.74) is 0.925. The molecule has 0 aliphatic carbocycles. The summed E-state index contributed by atoms with van der Waals surface area (Å²) in [6, 6.07) is 11.9. The third kappa shape index (κ3) is 6.02. The molecule has 9 heteroatoms. The Kier molecular flexibility index (Phi) is 7.72. The fourth-order valence-corrected chi connectivity index (χ4v) is 3.78. The molecule has 0 bridgehead atoms. The maximum atomic E-state index is 12.4. The van der Waals surface area contributed by atoms with Crippen LogP contribution in [0.1, 0.15) is 12.8 Å². The first-order valence-electron chi connectivity index (χ1n) is 8.92. The zero-order chi connectivity index (χ0) is 21.4. The molecule has 29 heavy (non-hydrogen) atoms. The van der Waals surface area contributed by atoms with Gasteiger partial charge in [-0.3, -0.25) is 9.10 Å². The van der Waals surface area contributed by atoms with Crippen LogP contribution >= 0.6 is 0 Å². The first kappa shape index (κ1) is 22.4. The van der Waals surface area contributed by atoms with Gasteiger partial charge in [0.1, 0.15) is 17.2 Å². The van der Waals surface area contributed by atoms with Crippen LogP contribution in [0.4, 0.5) is 11.4 Å². The van der Waals surface area contributed by atoms with E-state index in [1.54, 1.807) is 42.5 Å². The lowest BCUT2D eigenvalue weighted by atomic mass is 10.2. The predicted molar refractivity (Wildman–Crippen MR) is 113 cm³/mol. The molecule has 0 saturated carbocycles. The van der Waals surface area contributed by atoms with E-state index in [9.17, 15) is 13.2 Å². The van der Waals surface area contributed by atoms with Crippen LogP contribution in [0.15, 0.2) is 42.5 Å². The van der Waals surface area contributed by atoms with Crippen molar-refractivity contribution in [3.63, 3.8) is 0 Å². The van der Waals surface area contributed by atoms with Gasteiger partial charge in [0.15, 0.2) is 0 Å². The SMILES string of the molecule is COc1ccc(OC)c(NC(=O)CCCN(c2ccccc2OC)S(C)(=O)=O)c1. The number of ether oxygens (including phenoxy) is 3. The van der Waals surface area contributed by atoms with Crippen molar-refractivity contribution in [2.75, 3.05) is 43.8 Å². The Labute approximate surface area is 171 Å². The number of benzene rings is 2. The van der Waals surface area contributed by atoms with E-state index in [0.717, 1.165) is 6.26 Å². The maximum Gasteiger partial charge on any atom is 0.232 e. The molecule has 0 heterocycles. The fourth-order valence-electron chi connectivity index (χ4n) is 2.81. The molecule has 0 aromatic heterocycles. The number of sulfonamides is 1. The van der Waals surface area contributed by atoms with E-state index in [-0.39, 0.29) is 18.9 Å². The van der Waals surface area contributed by atoms with Crippen molar-refractivity contribution < 1.29 is 27.4 Å². The van der Waals surface area contributed by atoms with E-state index < -0.39 is 10.0 Å². The van der Waals surface area contributed by atoms with Gasteiger partial charge in [-0.1, -0.05) is 12.1 Å². The number of amides is 1. The predicted octanol–water partition coefficient (Wildman–Crippen LogP) is 2.90. The lowest BCUT2D eigenvalue weighted by molar-refractivity contribution is -0.116. The van der Waals surface area contributed by atoms with Crippen LogP contribution in [0.2, 0.25) is 0 Å². The zero-order valence-electron chi connectivity index (χ0n) is 17.0. The molecule has 2 aromatic rings. The van der Waals surface area contributed by atoms with Crippen LogP contribution in [-0.4, -0.2) is 48.5 Å². The molecule has 0 spiro atoms. The Bertz CT molecular complexity index is 946. The number of hydrogen-bond acceptors (Lipinski definition) is 6. The second-order valence-corrected chi connectivity index (χ2v) is 8.13. The van der Waals surface area contributed by atoms with Crippen LogP contribution in [0.5, 0.6) is 17.2 Å². The number of anilines is 2. The highest BCUT2D eigenvalue weighted by molar-refractivity contribution is 7.92. The number of para-hydroxylation sites is 2. The van der Waals surface area contributed by atoms with Gasteiger partial charge in [0.05, 0.1) is 39.0 Å². The Morgan fingerprint density at radius 2 is 1.69 bits per heavy atom. The monoisotopic (exact) mass is 422 g/mol. The number of methoxy groups -OCH3 is 3. The lowest BCUT2D eigenvalue weighted by Gasteiger charge is -2.24. The maximum absolute atomic E-state index is 12.4. The number of rotatable bonds is 10. The van der Waals surface area contributed by atoms with Gasteiger partial charge in [-0.25, -0.2) is 8.42 Å². The molecule has 0 aliphatic heterocycles. The third-order valence-corrected chi connectivity index (χ3v) is 5.38. The molecule has 0 unspecified atom stereocenters. The number of carbonyl (C=O) groups excluding carboxylic acids is 1. The van der Waals surface area contributed by atoms with Gasteiger partial charge in [0.25, 0.3) is 0 Å². The normalized spacial score (nSPS) is 10.9.